The zero-order valence-corrected chi connectivity index (χ0v) is 42.7. The molecule has 2 spiro atoms. The number of nitro groups is 1. The summed E-state index contributed by atoms with van der Waals surface area (Å²) in [6.07, 6.45) is 15.1. The summed E-state index contributed by atoms with van der Waals surface area (Å²) in [6.45, 7) is 27.9. The van der Waals surface area contributed by atoms with E-state index < -0.39 is 24.8 Å². The number of aliphatic hydroxyl groups is 1. The van der Waals surface area contributed by atoms with Crippen molar-refractivity contribution in [3.63, 3.8) is 0 Å². The van der Waals surface area contributed by atoms with Crippen molar-refractivity contribution < 1.29 is 38.2 Å². The Bertz CT molecular complexity index is 1760. The van der Waals surface area contributed by atoms with Gasteiger partial charge < -0.3 is 33.8 Å². The van der Waals surface area contributed by atoms with E-state index in [0.717, 1.165) is 25.4 Å². The molecule has 8 aliphatic rings. The number of hydrogen-bond donors (Lipinski definition) is 2. The lowest BCUT2D eigenvalue weighted by molar-refractivity contribution is -0.384. The minimum Gasteiger partial charge on any atom is -0.414 e. The van der Waals surface area contributed by atoms with Crippen LogP contribution in [0.5, 0.6) is 5.75 Å². The second-order valence-electron chi connectivity index (χ2n) is 22.7. The van der Waals surface area contributed by atoms with E-state index in [1.54, 1.807) is 0 Å². The molecule has 13 heteroatoms. The Balaban J connectivity index is 0.000000301. The van der Waals surface area contributed by atoms with Crippen molar-refractivity contribution in [3.05, 3.63) is 34.4 Å². The molecule has 0 aromatic heterocycles. The van der Waals surface area contributed by atoms with Crippen LogP contribution in [0.2, 0.25) is 18.1 Å². The molecule has 11 nitrogen and oxygen atoms in total. The van der Waals surface area contributed by atoms with Crippen molar-refractivity contribution in [1.82, 2.24) is 5.32 Å². The van der Waals surface area contributed by atoms with Gasteiger partial charge >= 0.3 is 5.43 Å². The average Bonchev–Trinajstić information content (AvgIpc) is 3.86. The highest BCUT2D eigenvalue weighted by Crippen LogP contribution is 2.89. The molecule has 9 rings (SSSR count). The van der Waals surface area contributed by atoms with Gasteiger partial charge in [0.15, 0.2) is 14.6 Å². The molecule has 0 bridgehead atoms. The molecule has 5 aliphatic carbocycles. The third-order valence-electron chi connectivity index (χ3n) is 19.5. The molecule has 5 saturated carbocycles. The van der Waals surface area contributed by atoms with Gasteiger partial charge in [0.1, 0.15) is 5.75 Å². The Labute approximate surface area is 390 Å². The average molecular weight is 932 g/mol. The smallest absolute Gasteiger partial charge is 0.409 e. The number of carbonyl (C=O) groups is 1. The highest BCUT2D eigenvalue weighted by atomic mass is 35.5. The largest absolute Gasteiger partial charge is 0.414 e. The van der Waals surface area contributed by atoms with Crippen LogP contribution < -0.4 is 10.1 Å². The maximum Gasteiger partial charge on any atom is 0.409 e. The molecule has 3 saturated heterocycles. The van der Waals surface area contributed by atoms with Gasteiger partial charge in [0.05, 0.1) is 35.4 Å². The molecule has 3 heterocycles. The summed E-state index contributed by atoms with van der Waals surface area (Å²) in [5, 5.41) is 24.7. The van der Waals surface area contributed by atoms with E-state index in [1.165, 1.54) is 120 Å². The molecular weight excluding hydrogens is 848 g/mol. The summed E-state index contributed by atoms with van der Waals surface area (Å²) in [5.41, 5.74) is 0.257. The van der Waals surface area contributed by atoms with E-state index in [2.05, 4.69) is 79.3 Å². The van der Waals surface area contributed by atoms with E-state index in [1.807, 2.05) is 0 Å². The third-order valence-corrected chi connectivity index (χ3v) is 24.2. The highest BCUT2D eigenvalue weighted by Gasteiger charge is 2.85. The summed E-state index contributed by atoms with van der Waals surface area (Å²) in [6, 6.07) is 8.55. The van der Waals surface area contributed by atoms with Crippen LogP contribution in [0.15, 0.2) is 24.3 Å². The number of ether oxygens (including phenoxy) is 4. The van der Waals surface area contributed by atoms with Crippen molar-refractivity contribution in [2.75, 3.05) is 19.7 Å². The van der Waals surface area contributed by atoms with Crippen LogP contribution in [0.3, 0.4) is 0 Å². The predicted molar refractivity (Wildman–Crippen MR) is 254 cm³/mol. The normalized spacial score (nSPS) is 40.8. The van der Waals surface area contributed by atoms with Crippen LogP contribution in [-0.4, -0.2) is 80.3 Å². The number of nitro benzene ring substituents is 1. The second kappa shape index (κ2) is 19.4. The van der Waals surface area contributed by atoms with Crippen LogP contribution in [0.4, 0.5) is 10.5 Å². The monoisotopic (exact) mass is 931 g/mol. The number of non-ortho nitro benzene ring substituents is 1. The van der Waals surface area contributed by atoms with Crippen LogP contribution in [0, 0.1) is 66.8 Å². The number of halogens is 1. The number of aliphatic hydroxyl groups excluding tert-OH is 1. The van der Waals surface area contributed by atoms with Crippen molar-refractivity contribution in [2.24, 2.45) is 56.7 Å². The van der Waals surface area contributed by atoms with Gasteiger partial charge in [0.25, 0.3) is 5.69 Å². The van der Waals surface area contributed by atoms with E-state index in [0.29, 0.717) is 34.7 Å². The lowest BCUT2D eigenvalue weighted by Gasteiger charge is -2.64. The van der Waals surface area contributed by atoms with Crippen LogP contribution in [0.25, 0.3) is 0 Å². The van der Waals surface area contributed by atoms with E-state index in [4.69, 9.17) is 30.2 Å². The van der Waals surface area contributed by atoms with Crippen molar-refractivity contribution in [3.8, 4) is 5.75 Å². The third kappa shape index (κ3) is 8.70. The minimum atomic E-state index is -1.94. The van der Waals surface area contributed by atoms with E-state index >= 15 is 0 Å². The van der Waals surface area contributed by atoms with Gasteiger partial charge in [0, 0.05) is 35.8 Å². The number of fused-ring (bicyclic) bond motifs is 4. The first-order valence-electron chi connectivity index (χ1n) is 25.4. The molecule has 0 amide bonds. The highest BCUT2D eigenvalue weighted by molar-refractivity contribution is 6.73. The van der Waals surface area contributed by atoms with Crippen LogP contribution in [0.1, 0.15) is 146 Å². The number of benzene rings is 1. The minimum absolute atomic E-state index is 0.000720. The summed E-state index contributed by atoms with van der Waals surface area (Å²) in [5.74, 6) is 2.79. The van der Waals surface area contributed by atoms with Gasteiger partial charge in [-0.25, -0.2) is 4.79 Å². The molecular formula is C51H83ClN2O9Si. The number of nitrogens with zero attached hydrogens (tertiary/aromatic N) is 1. The summed E-state index contributed by atoms with van der Waals surface area (Å²) >= 11 is 4.92. The summed E-state index contributed by atoms with van der Waals surface area (Å²) < 4.78 is 32.6. The molecule has 362 valence electrons. The first-order valence-corrected chi connectivity index (χ1v) is 28.3. The number of carbonyl (C=O) groups excluding carboxylic acids is 1. The predicted octanol–water partition coefficient (Wildman–Crippen LogP) is 12.1. The van der Waals surface area contributed by atoms with E-state index in [-0.39, 0.29) is 58.2 Å². The van der Waals surface area contributed by atoms with Crippen LogP contribution in [-0.2, 0) is 18.6 Å². The molecule has 2 N–H and O–H groups in total. The first kappa shape index (κ1) is 50.2. The number of rotatable bonds is 11. The standard InChI is InChI=1S/C41H72O5Si.C7H4ClNO4.C3H7N/c1-11-47(12-2,13-3)46-36-35-33(27(6)24-28(44-35)34(42)26(4)5)38(9)21-22-41-25-40(41)20-19-31(45-32-16-14-15-23-43-32)37(7,8)29(40)17-18-30(41)39(36,38)10;8-7(10)13-6-3-1-5(2-4-6)9(11)12;1-2-4-3-1/h26-36,42H,11-25H2,1-10H3;1-4H;4H,1-3H2/t27-,28-,29+,30+,31?,32+,33+,34-,35+,36+,38-,39-,40-,41?;;/m1../s1. The maximum absolute atomic E-state index is 11.4. The number of hydrogen-bond acceptors (Lipinski definition) is 10. The molecule has 14 atom stereocenters. The van der Waals surface area contributed by atoms with Gasteiger partial charge in [-0.15, -0.1) is 0 Å². The lowest BCUT2D eigenvalue weighted by Crippen LogP contribution is -2.61. The van der Waals surface area contributed by atoms with Gasteiger partial charge in [-0.1, -0.05) is 69.2 Å². The van der Waals surface area contributed by atoms with Crippen molar-refractivity contribution in [1.29, 1.82) is 0 Å². The zero-order chi connectivity index (χ0) is 46.5. The second-order valence-corrected chi connectivity index (χ2v) is 27.8. The fourth-order valence-electron chi connectivity index (χ4n) is 15.5. The Kier molecular flexibility index (Phi) is 15.2. The fraction of sp³-hybridized carbons (Fsp3) is 0.863. The van der Waals surface area contributed by atoms with Gasteiger partial charge in [-0.05, 0) is 172 Å². The SMILES string of the molecule is C1CNC1.CC[Si](CC)(CC)O[C@H]1[C@H]2O[C@@H]([C@H](O)C(C)C)C[C@@H](C)[C@@H]2[C@@]2(C)CCC34C[C@@]35CCC(O[C@H]3CCCCO3)C(C)(C)[C@@H]5CC[C@H]4[C@]12C.O=C(Cl)Oc1ccc([N+](=O)[O-])cc1. The Morgan fingerprint density at radius 2 is 1.58 bits per heavy atom. The summed E-state index contributed by atoms with van der Waals surface area (Å²) in [4.78, 5) is 19.9. The van der Waals surface area contributed by atoms with Gasteiger partial charge in [-0.2, -0.15) is 0 Å². The quantitative estimate of drug-likeness (QED) is 0.0725. The molecule has 64 heavy (non-hydrogen) atoms. The Hall–Kier alpha value is -1.64. The number of nitrogens with one attached hydrogen (secondary N) is 1. The Morgan fingerprint density at radius 1 is 0.953 bits per heavy atom. The molecule has 0 radical (unpaired) electrons. The molecule has 8 fully saturated rings. The topological polar surface area (TPSA) is 139 Å². The first-order chi connectivity index (χ1) is 30.3. The molecule has 1 aromatic rings. The maximum atomic E-state index is 11.4. The molecule has 1 aromatic carbocycles. The van der Waals surface area contributed by atoms with Crippen molar-refractivity contribution in [2.45, 2.75) is 201 Å². The van der Waals surface area contributed by atoms with E-state index in [9.17, 15) is 20.0 Å². The zero-order valence-electron chi connectivity index (χ0n) is 40.9. The molecule has 3 aliphatic heterocycles. The Morgan fingerprint density at radius 3 is 2.12 bits per heavy atom. The van der Waals surface area contributed by atoms with Crippen molar-refractivity contribution >= 4 is 31.0 Å². The molecule has 2 unspecified atom stereocenters. The van der Waals surface area contributed by atoms with Gasteiger partial charge in [0.2, 0.25) is 0 Å². The summed E-state index contributed by atoms with van der Waals surface area (Å²) in [7, 11) is -1.94. The van der Waals surface area contributed by atoms with Crippen LogP contribution >= 0.6 is 11.6 Å². The van der Waals surface area contributed by atoms with Gasteiger partial charge in [-0.3, -0.25) is 10.1 Å². The lowest BCUT2D eigenvalue weighted by atomic mass is 9.41. The fourth-order valence-corrected chi connectivity index (χ4v) is 18.5.